The third-order valence-electron chi connectivity index (χ3n) is 3.06. The van der Waals surface area contributed by atoms with Crippen molar-refractivity contribution in [2.24, 2.45) is 0 Å². The van der Waals surface area contributed by atoms with E-state index < -0.39 is 0 Å². The second-order valence-corrected chi connectivity index (χ2v) is 5.68. The topological polar surface area (TPSA) is 34.9 Å². The average molecular weight is 362 g/mol. The lowest BCUT2D eigenvalue weighted by atomic mass is 10.1. The van der Waals surface area contributed by atoms with E-state index in [1.54, 1.807) is 35.1 Å². The van der Waals surface area contributed by atoms with E-state index in [-0.39, 0.29) is 5.78 Å². The van der Waals surface area contributed by atoms with E-state index in [1.165, 1.54) is 0 Å². The zero-order valence-electron chi connectivity index (χ0n) is 10.8. The fourth-order valence-corrected chi connectivity index (χ4v) is 2.46. The molecule has 21 heavy (non-hydrogen) atoms. The highest BCUT2D eigenvalue weighted by atomic mass is 79.9. The first kappa shape index (κ1) is 14.0. The summed E-state index contributed by atoms with van der Waals surface area (Å²) in [5.74, 6) is -0.120. The van der Waals surface area contributed by atoms with Gasteiger partial charge < -0.3 is 0 Å². The van der Waals surface area contributed by atoms with Gasteiger partial charge in [-0.1, -0.05) is 29.8 Å². The van der Waals surface area contributed by atoms with E-state index in [0.717, 1.165) is 10.2 Å². The van der Waals surface area contributed by atoms with E-state index in [9.17, 15) is 4.79 Å². The maximum atomic E-state index is 12.6. The quantitative estimate of drug-likeness (QED) is 0.643. The van der Waals surface area contributed by atoms with Crippen LogP contribution in [-0.4, -0.2) is 15.6 Å². The van der Waals surface area contributed by atoms with Gasteiger partial charge in [0.1, 0.15) is 5.69 Å². The minimum Gasteiger partial charge on any atom is -0.287 e. The summed E-state index contributed by atoms with van der Waals surface area (Å²) in [4.78, 5) is 12.6. The fourth-order valence-electron chi connectivity index (χ4n) is 2.04. The van der Waals surface area contributed by atoms with Gasteiger partial charge in [0.25, 0.3) is 0 Å². The van der Waals surface area contributed by atoms with Gasteiger partial charge in [0.2, 0.25) is 5.78 Å². The Kier molecular flexibility index (Phi) is 3.90. The molecule has 0 saturated heterocycles. The lowest BCUT2D eigenvalue weighted by Crippen LogP contribution is -2.10. The third-order valence-corrected chi connectivity index (χ3v) is 4.29. The van der Waals surface area contributed by atoms with Gasteiger partial charge in [-0.3, -0.25) is 4.79 Å². The lowest BCUT2D eigenvalue weighted by molar-refractivity contribution is 0.103. The molecule has 0 aliphatic rings. The zero-order chi connectivity index (χ0) is 14.8. The molecule has 0 N–H and O–H groups in total. The van der Waals surface area contributed by atoms with Gasteiger partial charge in [-0.2, -0.15) is 5.10 Å². The van der Waals surface area contributed by atoms with Crippen molar-refractivity contribution >= 4 is 33.3 Å². The molecule has 1 aromatic heterocycles. The Balaban J connectivity index is 2.03. The molecule has 3 nitrogen and oxygen atoms in total. The molecular weight excluding hydrogens is 352 g/mol. The number of nitrogens with zero attached hydrogens (tertiary/aromatic N) is 2. The van der Waals surface area contributed by atoms with Gasteiger partial charge in [-0.05, 0) is 52.3 Å². The molecule has 0 amide bonds. The molecule has 1 heterocycles. The number of hydrogen-bond donors (Lipinski definition) is 0. The van der Waals surface area contributed by atoms with Crippen LogP contribution in [0.4, 0.5) is 0 Å². The van der Waals surface area contributed by atoms with Crippen LogP contribution in [-0.2, 0) is 0 Å². The largest absolute Gasteiger partial charge is 0.287 e. The molecule has 3 aromatic rings. The molecule has 0 bridgehead atoms. The molecule has 3 rings (SSSR count). The number of halogens is 2. The van der Waals surface area contributed by atoms with Crippen molar-refractivity contribution in [3.63, 3.8) is 0 Å². The molecule has 0 fully saturated rings. The molecule has 104 valence electrons. The Morgan fingerprint density at radius 3 is 2.57 bits per heavy atom. The van der Waals surface area contributed by atoms with Crippen molar-refractivity contribution in [2.45, 2.75) is 0 Å². The van der Waals surface area contributed by atoms with E-state index in [4.69, 9.17) is 11.6 Å². The predicted octanol–water partition coefficient (Wildman–Crippen LogP) is 4.52. The highest BCUT2D eigenvalue weighted by Crippen LogP contribution is 2.24. The van der Waals surface area contributed by atoms with Crippen molar-refractivity contribution in [1.82, 2.24) is 9.78 Å². The van der Waals surface area contributed by atoms with Gasteiger partial charge in [-0.25, -0.2) is 4.68 Å². The summed E-state index contributed by atoms with van der Waals surface area (Å²) in [5, 5.41) is 4.73. The third kappa shape index (κ3) is 2.77. The molecule has 0 aliphatic carbocycles. The first-order valence-electron chi connectivity index (χ1n) is 6.26. The molecule has 0 atom stereocenters. The van der Waals surface area contributed by atoms with Crippen LogP contribution in [0.3, 0.4) is 0 Å². The van der Waals surface area contributed by atoms with Crippen molar-refractivity contribution in [2.75, 3.05) is 0 Å². The summed E-state index contributed by atoms with van der Waals surface area (Å²) in [5.41, 5.74) is 1.87. The molecule has 5 heteroatoms. The van der Waals surface area contributed by atoms with Crippen molar-refractivity contribution in [1.29, 1.82) is 0 Å². The first-order chi connectivity index (χ1) is 10.2. The second-order valence-electron chi connectivity index (χ2n) is 4.42. The maximum absolute atomic E-state index is 12.6. The van der Waals surface area contributed by atoms with Crippen molar-refractivity contribution < 1.29 is 4.79 Å². The van der Waals surface area contributed by atoms with Crippen LogP contribution in [0, 0.1) is 0 Å². The molecule has 0 saturated carbocycles. The highest BCUT2D eigenvalue weighted by molar-refractivity contribution is 9.10. The predicted molar refractivity (Wildman–Crippen MR) is 86.1 cm³/mol. The van der Waals surface area contributed by atoms with Crippen LogP contribution >= 0.6 is 27.5 Å². The van der Waals surface area contributed by atoms with Crippen molar-refractivity contribution in [3.05, 3.63) is 81.5 Å². The summed E-state index contributed by atoms with van der Waals surface area (Å²) in [6, 6.07) is 16.4. The molecule has 0 spiro atoms. The molecular formula is C16H10BrClN2O. The van der Waals surface area contributed by atoms with Crippen LogP contribution < -0.4 is 0 Å². The average Bonchev–Trinajstić information content (AvgIpc) is 2.99. The Morgan fingerprint density at radius 2 is 1.86 bits per heavy atom. The lowest BCUT2D eigenvalue weighted by Gasteiger charge is -2.07. The number of carbonyl (C=O) groups is 1. The minimum absolute atomic E-state index is 0.120. The van der Waals surface area contributed by atoms with Gasteiger partial charge in [0, 0.05) is 10.0 Å². The SMILES string of the molecule is O=C(c1ccc(Br)c(Cl)c1)c1ccnn1-c1ccccc1. The number of para-hydroxylation sites is 1. The molecule has 2 aromatic carbocycles. The minimum atomic E-state index is -0.120. The zero-order valence-corrected chi connectivity index (χ0v) is 13.2. The van der Waals surface area contributed by atoms with E-state index in [2.05, 4.69) is 21.0 Å². The van der Waals surface area contributed by atoms with E-state index in [1.807, 2.05) is 30.3 Å². The molecule has 0 aliphatic heterocycles. The maximum Gasteiger partial charge on any atom is 0.211 e. The summed E-state index contributed by atoms with van der Waals surface area (Å²) in [6.07, 6.45) is 1.61. The van der Waals surface area contributed by atoms with Gasteiger partial charge in [-0.15, -0.1) is 0 Å². The number of carbonyl (C=O) groups excluding carboxylic acids is 1. The van der Waals surface area contributed by atoms with Crippen LogP contribution in [0.5, 0.6) is 0 Å². The second kappa shape index (κ2) is 5.84. The normalized spacial score (nSPS) is 10.6. The number of ketones is 1. The van der Waals surface area contributed by atoms with E-state index >= 15 is 0 Å². The van der Waals surface area contributed by atoms with Crippen molar-refractivity contribution in [3.8, 4) is 5.69 Å². The Hall–Kier alpha value is -1.91. The number of rotatable bonds is 3. The van der Waals surface area contributed by atoms with Crippen LogP contribution in [0.25, 0.3) is 5.69 Å². The van der Waals surface area contributed by atoms with Gasteiger partial charge in [0.05, 0.1) is 16.9 Å². The van der Waals surface area contributed by atoms with Crippen LogP contribution in [0.2, 0.25) is 5.02 Å². The fraction of sp³-hybridized carbons (Fsp3) is 0. The van der Waals surface area contributed by atoms with Crippen LogP contribution in [0.15, 0.2) is 65.3 Å². The van der Waals surface area contributed by atoms with Gasteiger partial charge >= 0.3 is 0 Å². The summed E-state index contributed by atoms with van der Waals surface area (Å²) in [7, 11) is 0. The number of hydrogen-bond acceptors (Lipinski definition) is 2. The summed E-state index contributed by atoms with van der Waals surface area (Å²) < 4.78 is 2.38. The van der Waals surface area contributed by atoms with Gasteiger partial charge in [0.15, 0.2) is 0 Å². The molecule has 0 unspecified atom stereocenters. The summed E-state index contributed by atoms with van der Waals surface area (Å²) in [6.45, 7) is 0. The monoisotopic (exact) mass is 360 g/mol. The Labute approximate surface area is 135 Å². The molecule has 0 radical (unpaired) electrons. The highest BCUT2D eigenvalue weighted by Gasteiger charge is 2.16. The summed E-state index contributed by atoms with van der Waals surface area (Å²) >= 11 is 9.37. The van der Waals surface area contributed by atoms with E-state index in [0.29, 0.717) is 16.3 Å². The Bertz CT molecular complexity index is 799. The first-order valence-corrected chi connectivity index (χ1v) is 7.43. The number of aromatic nitrogens is 2. The smallest absolute Gasteiger partial charge is 0.211 e. The number of benzene rings is 2. The van der Waals surface area contributed by atoms with Crippen LogP contribution in [0.1, 0.15) is 16.1 Å². The Morgan fingerprint density at radius 1 is 1.10 bits per heavy atom. The standard InChI is InChI=1S/C16H10BrClN2O/c17-13-7-6-11(10-14(13)18)16(21)15-8-9-19-20(15)12-4-2-1-3-5-12/h1-10H.